The second kappa shape index (κ2) is 6.23. The molecule has 1 N–H and O–H groups in total. The predicted octanol–water partition coefficient (Wildman–Crippen LogP) is 0.968. The van der Waals surface area contributed by atoms with E-state index in [1.807, 2.05) is 6.07 Å². The monoisotopic (exact) mass is 323 g/mol. The number of halogens is 2. The van der Waals surface area contributed by atoms with Gasteiger partial charge in [0.25, 0.3) is 11.8 Å². The Morgan fingerprint density at radius 2 is 1.65 bits per heavy atom. The number of piperazine rings is 1. The van der Waals surface area contributed by atoms with Crippen LogP contribution in [0.15, 0.2) is 30.3 Å². The molecule has 5 nitrogen and oxygen atoms in total. The molecular weight excluding hydrogens is 304 g/mol. The maximum Gasteiger partial charge on any atom is 0.262 e. The van der Waals surface area contributed by atoms with Gasteiger partial charge in [-0.2, -0.15) is 0 Å². The Labute approximate surface area is 133 Å². The van der Waals surface area contributed by atoms with Crippen LogP contribution >= 0.6 is 0 Å². The van der Waals surface area contributed by atoms with Gasteiger partial charge >= 0.3 is 0 Å². The van der Waals surface area contributed by atoms with E-state index in [0.717, 1.165) is 0 Å². The van der Waals surface area contributed by atoms with E-state index in [1.165, 1.54) is 0 Å². The molecule has 2 aliphatic heterocycles. The number of nitrogens with zero attached hydrogens (tertiary/aromatic N) is 2. The smallest absolute Gasteiger partial charge is 0.262 e. The molecule has 0 radical (unpaired) electrons. The third-order valence-electron chi connectivity index (χ3n) is 4.31. The second-order valence-corrected chi connectivity index (χ2v) is 5.98. The molecule has 1 aromatic carbocycles. The minimum Gasteiger partial charge on any atom is -0.338 e. The van der Waals surface area contributed by atoms with Gasteiger partial charge in [0, 0.05) is 38.2 Å². The fraction of sp³-hybridized carbons (Fsp3) is 0.500. The summed E-state index contributed by atoms with van der Waals surface area (Å²) in [6.07, 6.45) is -0.449. The number of nitrogens with one attached hydrogen (secondary N) is 1. The number of amides is 2. The van der Waals surface area contributed by atoms with E-state index in [1.54, 1.807) is 34.1 Å². The van der Waals surface area contributed by atoms with Crippen molar-refractivity contribution in [2.75, 3.05) is 32.7 Å². The van der Waals surface area contributed by atoms with E-state index in [2.05, 4.69) is 5.32 Å². The highest BCUT2D eigenvalue weighted by molar-refractivity contribution is 5.94. The number of rotatable bonds is 2. The molecule has 1 unspecified atom stereocenters. The summed E-state index contributed by atoms with van der Waals surface area (Å²) in [5, 5.41) is 2.58. The Bertz CT molecular complexity index is 586. The highest BCUT2D eigenvalue weighted by Gasteiger charge is 2.43. The Hall–Kier alpha value is -2.02. The number of hydrogen-bond donors (Lipinski definition) is 1. The lowest BCUT2D eigenvalue weighted by Crippen LogP contribution is -2.54. The molecule has 2 aliphatic rings. The number of carbonyl (C=O) groups excluding carboxylic acids is 2. The molecule has 0 saturated carbocycles. The summed E-state index contributed by atoms with van der Waals surface area (Å²) < 4.78 is 26.4. The molecule has 0 spiro atoms. The first-order valence-corrected chi connectivity index (χ1v) is 7.71. The lowest BCUT2D eigenvalue weighted by atomic mass is 10.1. The molecule has 2 heterocycles. The summed E-state index contributed by atoms with van der Waals surface area (Å²) in [6, 6.07) is 8.14. The molecule has 124 valence electrons. The number of hydrogen-bond acceptors (Lipinski definition) is 3. The van der Waals surface area contributed by atoms with Crippen LogP contribution in [0.4, 0.5) is 8.78 Å². The lowest BCUT2D eigenvalue weighted by Gasteiger charge is -2.36. The van der Waals surface area contributed by atoms with Gasteiger partial charge in [-0.3, -0.25) is 14.9 Å². The largest absolute Gasteiger partial charge is 0.338 e. The molecule has 1 atom stereocenters. The molecule has 1 aromatic rings. The molecule has 23 heavy (non-hydrogen) atoms. The maximum absolute atomic E-state index is 13.2. The molecule has 2 amide bonds. The van der Waals surface area contributed by atoms with E-state index < -0.39 is 24.9 Å². The first-order valence-electron chi connectivity index (χ1n) is 7.71. The van der Waals surface area contributed by atoms with Crippen molar-refractivity contribution in [3.05, 3.63) is 35.9 Å². The second-order valence-electron chi connectivity index (χ2n) is 5.98. The lowest BCUT2D eigenvalue weighted by molar-refractivity contribution is -0.135. The van der Waals surface area contributed by atoms with Crippen molar-refractivity contribution in [1.29, 1.82) is 0 Å². The standard InChI is InChI=1S/C16H19F2N3O2/c17-16(18)10-13(19-11-16)15(23)21-8-6-20(7-9-21)14(22)12-4-2-1-3-5-12/h1-5,13,19H,6-11H2. The third-order valence-corrected chi connectivity index (χ3v) is 4.31. The summed E-state index contributed by atoms with van der Waals surface area (Å²) in [5.41, 5.74) is 0.615. The first kappa shape index (κ1) is 15.9. The molecule has 3 rings (SSSR count). The summed E-state index contributed by atoms with van der Waals surface area (Å²) in [7, 11) is 0. The van der Waals surface area contributed by atoms with Crippen LogP contribution in [-0.4, -0.2) is 66.3 Å². The highest BCUT2D eigenvalue weighted by Crippen LogP contribution is 2.26. The minimum atomic E-state index is -2.81. The van der Waals surface area contributed by atoms with Crippen LogP contribution in [0, 0.1) is 0 Å². The molecule has 7 heteroatoms. The van der Waals surface area contributed by atoms with Crippen molar-refractivity contribution >= 4 is 11.8 Å². The van der Waals surface area contributed by atoms with Crippen molar-refractivity contribution in [2.24, 2.45) is 0 Å². The van der Waals surface area contributed by atoms with Gasteiger partial charge in [-0.25, -0.2) is 8.78 Å². The minimum absolute atomic E-state index is 0.0665. The van der Waals surface area contributed by atoms with Crippen molar-refractivity contribution < 1.29 is 18.4 Å². The zero-order valence-electron chi connectivity index (χ0n) is 12.7. The van der Waals surface area contributed by atoms with Gasteiger partial charge in [0.2, 0.25) is 5.91 Å². The fourth-order valence-corrected chi connectivity index (χ4v) is 3.00. The van der Waals surface area contributed by atoms with Crippen molar-refractivity contribution in [2.45, 2.75) is 18.4 Å². The van der Waals surface area contributed by atoms with Crippen LogP contribution in [-0.2, 0) is 4.79 Å². The predicted molar refractivity (Wildman–Crippen MR) is 80.3 cm³/mol. The third kappa shape index (κ3) is 3.50. The van der Waals surface area contributed by atoms with Gasteiger partial charge in [0.1, 0.15) is 0 Å². The molecule has 0 bridgehead atoms. The molecule has 2 saturated heterocycles. The topological polar surface area (TPSA) is 52.7 Å². The van der Waals surface area contributed by atoms with Crippen molar-refractivity contribution in [3.63, 3.8) is 0 Å². The van der Waals surface area contributed by atoms with Crippen LogP contribution in [0.25, 0.3) is 0 Å². The summed E-state index contributed by atoms with van der Waals surface area (Å²) >= 11 is 0. The first-order chi connectivity index (χ1) is 11.0. The highest BCUT2D eigenvalue weighted by atomic mass is 19.3. The zero-order chi connectivity index (χ0) is 16.4. The van der Waals surface area contributed by atoms with E-state index in [-0.39, 0.29) is 11.8 Å². The molecule has 0 aliphatic carbocycles. The normalized spacial score (nSPS) is 23.8. The van der Waals surface area contributed by atoms with E-state index in [0.29, 0.717) is 31.7 Å². The van der Waals surface area contributed by atoms with Crippen LogP contribution in [0.3, 0.4) is 0 Å². The number of alkyl halides is 2. The zero-order valence-corrected chi connectivity index (χ0v) is 12.7. The van der Waals surface area contributed by atoms with Gasteiger partial charge < -0.3 is 9.80 Å². The summed E-state index contributed by atoms with van der Waals surface area (Å²) in [5.74, 6) is -3.18. The van der Waals surface area contributed by atoms with Gasteiger partial charge in [-0.05, 0) is 12.1 Å². The van der Waals surface area contributed by atoms with Crippen LogP contribution in [0.2, 0.25) is 0 Å². The van der Waals surface area contributed by atoms with E-state index >= 15 is 0 Å². The van der Waals surface area contributed by atoms with Crippen molar-refractivity contribution in [1.82, 2.24) is 15.1 Å². The van der Waals surface area contributed by atoms with Crippen LogP contribution < -0.4 is 5.32 Å². The SMILES string of the molecule is O=C(c1ccccc1)N1CCN(C(=O)C2CC(F)(F)CN2)CC1. The van der Waals surface area contributed by atoms with Crippen LogP contribution in [0.1, 0.15) is 16.8 Å². The van der Waals surface area contributed by atoms with Gasteiger partial charge in [0.15, 0.2) is 0 Å². The van der Waals surface area contributed by atoms with Crippen molar-refractivity contribution in [3.8, 4) is 0 Å². The molecular formula is C16H19F2N3O2. The molecule has 0 aromatic heterocycles. The number of benzene rings is 1. The Balaban J connectivity index is 1.54. The van der Waals surface area contributed by atoms with Gasteiger partial charge in [0.05, 0.1) is 12.6 Å². The van der Waals surface area contributed by atoms with Gasteiger partial charge in [-0.15, -0.1) is 0 Å². The fourth-order valence-electron chi connectivity index (χ4n) is 3.00. The number of carbonyl (C=O) groups is 2. The average Bonchev–Trinajstić information content (AvgIpc) is 2.94. The van der Waals surface area contributed by atoms with Crippen LogP contribution in [0.5, 0.6) is 0 Å². The summed E-state index contributed by atoms with van der Waals surface area (Å²) in [6.45, 7) is 1.14. The average molecular weight is 323 g/mol. The molecule has 2 fully saturated rings. The summed E-state index contributed by atoms with van der Waals surface area (Å²) in [4.78, 5) is 27.8. The van der Waals surface area contributed by atoms with E-state index in [9.17, 15) is 18.4 Å². The van der Waals surface area contributed by atoms with Gasteiger partial charge in [-0.1, -0.05) is 18.2 Å². The van der Waals surface area contributed by atoms with E-state index in [4.69, 9.17) is 0 Å². The Morgan fingerprint density at radius 1 is 1.04 bits per heavy atom. The quantitative estimate of drug-likeness (QED) is 0.882. The Morgan fingerprint density at radius 3 is 2.22 bits per heavy atom. The maximum atomic E-state index is 13.2. The Kier molecular flexibility index (Phi) is 4.30.